The monoisotopic (exact) mass is 267 g/mol. The van der Waals surface area contributed by atoms with Crippen molar-refractivity contribution >= 4 is 5.97 Å². The SMILES string of the molecule is CCOC(=O)C(C)(NC(C)C)c1ccc(C)c(F)c1. The first kappa shape index (κ1) is 15.6. The second-order valence-electron chi connectivity index (χ2n) is 5.11. The van der Waals surface area contributed by atoms with Gasteiger partial charge in [-0.2, -0.15) is 0 Å². The quantitative estimate of drug-likeness (QED) is 0.834. The van der Waals surface area contributed by atoms with E-state index in [9.17, 15) is 9.18 Å². The molecule has 0 aliphatic heterocycles. The maximum atomic E-state index is 13.7. The molecule has 0 heterocycles. The van der Waals surface area contributed by atoms with E-state index in [-0.39, 0.29) is 11.9 Å². The lowest BCUT2D eigenvalue weighted by Gasteiger charge is -2.31. The zero-order chi connectivity index (χ0) is 14.6. The van der Waals surface area contributed by atoms with Gasteiger partial charge in [-0.1, -0.05) is 12.1 Å². The van der Waals surface area contributed by atoms with E-state index in [1.54, 1.807) is 32.9 Å². The van der Waals surface area contributed by atoms with Gasteiger partial charge in [0.25, 0.3) is 0 Å². The number of esters is 1. The number of ether oxygens (including phenoxy) is 1. The van der Waals surface area contributed by atoms with Crippen molar-refractivity contribution in [2.45, 2.75) is 46.2 Å². The molecule has 0 saturated heterocycles. The molecular formula is C15H22FNO2. The first-order valence-corrected chi connectivity index (χ1v) is 6.52. The van der Waals surface area contributed by atoms with E-state index in [2.05, 4.69) is 5.32 Å². The third-order valence-electron chi connectivity index (χ3n) is 3.01. The van der Waals surface area contributed by atoms with Crippen LogP contribution in [0, 0.1) is 12.7 Å². The summed E-state index contributed by atoms with van der Waals surface area (Å²) in [4.78, 5) is 12.2. The molecule has 0 spiro atoms. The van der Waals surface area contributed by atoms with E-state index in [4.69, 9.17) is 4.74 Å². The molecule has 3 nitrogen and oxygen atoms in total. The summed E-state index contributed by atoms with van der Waals surface area (Å²) in [5.41, 5.74) is 0.0841. The Kier molecular flexibility index (Phi) is 5.06. The van der Waals surface area contributed by atoms with Gasteiger partial charge in [0.15, 0.2) is 0 Å². The van der Waals surface area contributed by atoms with Crippen LogP contribution in [0.2, 0.25) is 0 Å². The summed E-state index contributed by atoms with van der Waals surface area (Å²) >= 11 is 0. The standard InChI is InChI=1S/C15H22FNO2/c1-6-19-14(18)15(5,17-10(2)3)12-8-7-11(4)13(16)9-12/h7-10,17H,6H2,1-5H3. The summed E-state index contributed by atoms with van der Waals surface area (Å²) in [6.07, 6.45) is 0. The fourth-order valence-electron chi connectivity index (χ4n) is 2.02. The number of benzene rings is 1. The minimum atomic E-state index is -1.04. The number of aryl methyl sites for hydroxylation is 1. The number of halogens is 1. The van der Waals surface area contributed by atoms with Crippen LogP contribution in [-0.2, 0) is 15.1 Å². The largest absolute Gasteiger partial charge is 0.464 e. The normalized spacial score (nSPS) is 14.3. The van der Waals surface area contributed by atoms with Crippen LogP contribution in [-0.4, -0.2) is 18.6 Å². The number of hydrogen-bond acceptors (Lipinski definition) is 3. The summed E-state index contributed by atoms with van der Waals surface area (Å²) in [5.74, 6) is -0.717. The average molecular weight is 267 g/mol. The molecule has 1 rings (SSSR count). The molecule has 0 aliphatic rings. The Bertz CT molecular complexity index is 459. The molecule has 0 amide bonds. The average Bonchev–Trinajstić information content (AvgIpc) is 2.31. The van der Waals surface area contributed by atoms with Gasteiger partial charge in [-0.15, -0.1) is 0 Å². The molecule has 0 radical (unpaired) electrons. The number of nitrogens with one attached hydrogen (secondary N) is 1. The Morgan fingerprint density at radius 3 is 2.58 bits per heavy atom. The van der Waals surface area contributed by atoms with Crippen molar-refractivity contribution < 1.29 is 13.9 Å². The topological polar surface area (TPSA) is 38.3 Å². The van der Waals surface area contributed by atoms with Crippen LogP contribution in [0.15, 0.2) is 18.2 Å². The predicted octanol–water partition coefficient (Wildman–Crippen LogP) is 2.91. The van der Waals surface area contributed by atoms with Crippen molar-refractivity contribution in [3.05, 3.63) is 35.1 Å². The van der Waals surface area contributed by atoms with E-state index >= 15 is 0 Å². The molecular weight excluding hydrogens is 245 g/mol. The van der Waals surface area contributed by atoms with Crippen LogP contribution in [0.5, 0.6) is 0 Å². The van der Waals surface area contributed by atoms with Crippen LogP contribution >= 0.6 is 0 Å². The number of carbonyl (C=O) groups is 1. The van der Waals surface area contributed by atoms with Crippen molar-refractivity contribution in [1.82, 2.24) is 5.32 Å². The Morgan fingerprint density at radius 2 is 2.11 bits per heavy atom. The van der Waals surface area contributed by atoms with Crippen LogP contribution in [0.25, 0.3) is 0 Å². The molecule has 0 fully saturated rings. The molecule has 0 aliphatic carbocycles. The van der Waals surface area contributed by atoms with E-state index in [0.717, 1.165) is 0 Å². The highest BCUT2D eigenvalue weighted by Gasteiger charge is 2.37. The lowest BCUT2D eigenvalue weighted by Crippen LogP contribution is -2.50. The summed E-state index contributed by atoms with van der Waals surface area (Å²) in [7, 11) is 0. The second kappa shape index (κ2) is 6.15. The number of carbonyl (C=O) groups excluding carboxylic acids is 1. The maximum absolute atomic E-state index is 13.7. The predicted molar refractivity (Wildman–Crippen MR) is 73.4 cm³/mol. The summed E-state index contributed by atoms with van der Waals surface area (Å²) < 4.78 is 18.8. The van der Waals surface area contributed by atoms with Gasteiger partial charge < -0.3 is 4.74 Å². The van der Waals surface area contributed by atoms with E-state index in [1.807, 2.05) is 13.8 Å². The Hall–Kier alpha value is -1.42. The molecule has 1 unspecified atom stereocenters. The van der Waals surface area contributed by atoms with Crippen molar-refractivity contribution in [2.24, 2.45) is 0 Å². The Morgan fingerprint density at radius 1 is 1.47 bits per heavy atom. The maximum Gasteiger partial charge on any atom is 0.330 e. The fraction of sp³-hybridized carbons (Fsp3) is 0.533. The molecule has 1 aromatic carbocycles. The summed E-state index contributed by atoms with van der Waals surface area (Å²) in [6.45, 7) is 9.32. The minimum absolute atomic E-state index is 0.0683. The zero-order valence-corrected chi connectivity index (χ0v) is 12.2. The van der Waals surface area contributed by atoms with E-state index in [0.29, 0.717) is 17.7 Å². The van der Waals surface area contributed by atoms with Gasteiger partial charge in [0.05, 0.1) is 6.61 Å². The van der Waals surface area contributed by atoms with Gasteiger partial charge in [0.1, 0.15) is 11.4 Å². The highest BCUT2D eigenvalue weighted by atomic mass is 19.1. The minimum Gasteiger partial charge on any atom is -0.464 e. The zero-order valence-electron chi connectivity index (χ0n) is 12.2. The number of hydrogen-bond donors (Lipinski definition) is 1. The molecule has 1 atom stereocenters. The van der Waals surface area contributed by atoms with Gasteiger partial charge in [0, 0.05) is 6.04 Å². The van der Waals surface area contributed by atoms with E-state index < -0.39 is 11.5 Å². The highest BCUT2D eigenvalue weighted by molar-refractivity contribution is 5.82. The second-order valence-corrected chi connectivity index (χ2v) is 5.11. The first-order chi connectivity index (χ1) is 8.81. The van der Waals surface area contributed by atoms with Crippen molar-refractivity contribution in [1.29, 1.82) is 0 Å². The van der Waals surface area contributed by atoms with Gasteiger partial charge in [-0.05, 0) is 51.8 Å². The van der Waals surface area contributed by atoms with Crippen LogP contribution in [0.1, 0.15) is 38.8 Å². The van der Waals surface area contributed by atoms with Gasteiger partial charge >= 0.3 is 5.97 Å². The molecule has 4 heteroatoms. The van der Waals surface area contributed by atoms with Gasteiger partial charge in [-0.3, -0.25) is 5.32 Å². The lowest BCUT2D eigenvalue weighted by atomic mass is 9.90. The molecule has 0 aromatic heterocycles. The molecule has 0 saturated carbocycles. The first-order valence-electron chi connectivity index (χ1n) is 6.52. The third-order valence-corrected chi connectivity index (χ3v) is 3.01. The summed E-state index contributed by atoms with van der Waals surface area (Å²) in [6, 6.07) is 4.88. The molecule has 1 N–H and O–H groups in total. The molecule has 0 bridgehead atoms. The lowest BCUT2D eigenvalue weighted by molar-refractivity contribution is -0.151. The van der Waals surface area contributed by atoms with Crippen LogP contribution < -0.4 is 5.32 Å². The fourth-order valence-corrected chi connectivity index (χ4v) is 2.02. The smallest absolute Gasteiger partial charge is 0.330 e. The van der Waals surface area contributed by atoms with Crippen LogP contribution in [0.4, 0.5) is 4.39 Å². The van der Waals surface area contributed by atoms with Crippen molar-refractivity contribution in [3.8, 4) is 0 Å². The van der Waals surface area contributed by atoms with Gasteiger partial charge in [0.2, 0.25) is 0 Å². The molecule has 1 aromatic rings. The number of rotatable bonds is 5. The van der Waals surface area contributed by atoms with Crippen molar-refractivity contribution in [2.75, 3.05) is 6.61 Å². The highest BCUT2D eigenvalue weighted by Crippen LogP contribution is 2.25. The third kappa shape index (κ3) is 3.53. The summed E-state index contributed by atoms with van der Waals surface area (Å²) in [5, 5.41) is 3.16. The van der Waals surface area contributed by atoms with Crippen molar-refractivity contribution in [3.63, 3.8) is 0 Å². The van der Waals surface area contributed by atoms with E-state index in [1.165, 1.54) is 6.07 Å². The van der Waals surface area contributed by atoms with Crippen LogP contribution in [0.3, 0.4) is 0 Å². The van der Waals surface area contributed by atoms with Gasteiger partial charge in [-0.25, -0.2) is 9.18 Å². The Labute approximate surface area is 114 Å². The molecule has 19 heavy (non-hydrogen) atoms. The molecule has 106 valence electrons. The Balaban J connectivity index is 3.21.